The van der Waals surface area contributed by atoms with Crippen LogP contribution < -0.4 is 5.32 Å². The highest BCUT2D eigenvalue weighted by molar-refractivity contribution is 7.17. The van der Waals surface area contributed by atoms with Gasteiger partial charge in [0.2, 0.25) is 0 Å². The molecule has 0 spiro atoms. The summed E-state index contributed by atoms with van der Waals surface area (Å²) in [5.41, 5.74) is 0. The van der Waals surface area contributed by atoms with Crippen molar-refractivity contribution in [3.63, 3.8) is 0 Å². The van der Waals surface area contributed by atoms with Gasteiger partial charge in [-0.05, 0) is 18.6 Å². The summed E-state index contributed by atoms with van der Waals surface area (Å²) < 4.78 is 5.42. The molecule has 0 saturated heterocycles. The molecule has 0 unspecified atom stereocenters. The highest BCUT2D eigenvalue weighted by Crippen LogP contribution is 2.22. The first-order valence-electron chi connectivity index (χ1n) is 5.21. The topological polar surface area (TPSA) is 51.2 Å². The number of halogens is 1. The van der Waals surface area contributed by atoms with Gasteiger partial charge in [0.15, 0.2) is 5.13 Å². The molecule has 0 atom stereocenters. The van der Waals surface area contributed by atoms with Crippen LogP contribution in [0.1, 0.15) is 14.5 Å². The van der Waals surface area contributed by atoms with Gasteiger partial charge in [-0.2, -0.15) is 0 Å². The van der Waals surface area contributed by atoms with Crippen LogP contribution in [-0.4, -0.2) is 24.6 Å². The highest BCUT2D eigenvalue weighted by Gasteiger charge is 2.09. The second-order valence-electron chi connectivity index (χ2n) is 3.40. The van der Waals surface area contributed by atoms with Crippen LogP contribution in [0.25, 0.3) is 0 Å². The minimum Gasteiger partial charge on any atom is -0.465 e. The Labute approximate surface area is 118 Å². The maximum Gasteiger partial charge on any atom is 0.349 e. The van der Waals surface area contributed by atoms with Crippen molar-refractivity contribution in [2.24, 2.45) is 0 Å². The Hall–Kier alpha value is -1.11. The van der Waals surface area contributed by atoms with Gasteiger partial charge in [0.25, 0.3) is 0 Å². The van der Waals surface area contributed by atoms with E-state index in [1.807, 2.05) is 12.1 Å². The van der Waals surface area contributed by atoms with Gasteiger partial charge in [-0.15, -0.1) is 11.3 Å². The lowest BCUT2D eigenvalue weighted by atomic mass is 10.3. The molecule has 0 fully saturated rings. The van der Waals surface area contributed by atoms with Crippen molar-refractivity contribution < 1.29 is 9.53 Å². The van der Waals surface area contributed by atoms with Crippen molar-refractivity contribution in [3.05, 3.63) is 32.4 Å². The van der Waals surface area contributed by atoms with Crippen molar-refractivity contribution in [1.29, 1.82) is 0 Å². The van der Waals surface area contributed by atoms with Crippen LogP contribution in [0.3, 0.4) is 0 Å². The van der Waals surface area contributed by atoms with Gasteiger partial charge in [-0.25, -0.2) is 9.78 Å². The van der Waals surface area contributed by atoms with Gasteiger partial charge in [0.05, 0.1) is 17.6 Å². The summed E-state index contributed by atoms with van der Waals surface area (Å²) in [6.45, 7) is 0.755. The fourth-order valence-corrected chi connectivity index (χ4v) is 3.18. The molecular weight excluding hydrogens is 292 g/mol. The number of rotatable bonds is 5. The molecule has 96 valence electrons. The third-order valence-corrected chi connectivity index (χ3v) is 4.39. The van der Waals surface area contributed by atoms with E-state index in [1.165, 1.54) is 29.5 Å². The summed E-state index contributed by atoms with van der Waals surface area (Å²) in [6, 6.07) is 3.90. The summed E-state index contributed by atoms with van der Waals surface area (Å²) in [4.78, 5) is 17.1. The summed E-state index contributed by atoms with van der Waals surface area (Å²) in [6.07, 6.45) is 2.39. The van der Waals surface area contributed by atoms with Crippen LogP contribution in [0, 0.1) is 0 Å². The Bertz CT molecular complexity index is 539. The standard InChI is InChI=1S/C11H11ClN2O2S2/c1-16-10(15)8-6-14-11(18-8)13-5-4-7-2-3-9(12)17-7/h2-3,6H,4-5H2,1H3,(H,13,14). The molecule has 0 aliphatic heterocycles. The van der Waals surface area contributed by atoms with Crippen molar-refractivity contribution in [3.8, 4) is 0 Å². The number of hydrogen-bond donors (Lipinski definition) is 1. The van der Waals surface area contributed by atoms with E-state index in [9.17, 15) is 4.79 Å². The predicted molar refractivity (Wildman–Crippen MR) is 75.0 cm³/mol. The number of carbonyl (C=O) groups is 1. The molecule has 7 heteroatoms. The van der Waals surface area contributed by atoms with Crippen molar-refractivity contribution in [1.82, 2.24) is 4.98 Å². The first-order chi connectivity index (χ1) is 8.69. The average Bonchev–Trinajstić information content (AvgIpc) is 2.98. The number of nitrogens with zero attached hydrogens (tertiary/aromatic N) is 1. The van der Waals surface area contributed by atoms with E-state index in [2.05, 4.69) is 15.0 Å². The van der Waals surface area contributed by atoms with Crippen LogP contribution in [0.5, 0.6) is 0 Å². The second kappa shape index (κ2) is 6.17. The fourth-order valence-electron chi connectivity index (χ4n) is 1.33. The number of anilines is 1. The third-order valence-electron chi connectivity index (χ3n) is 2.17. The number of esters is 1. The summed E-state index contributed by atoms with van der Waals surface area (Å²) in [5.74, 6) is -0.356. The SMILES string of the molecule is COC(=O)c1cnc(NCCc2ccc(Cl)s2)s1. The van der Waals surface area contributed by atoms with E-state index in [0.717, 1.165) is 22.4 Å². The van der Waals surface area contributed by atoms with E-state index >= 15 is 0 Å². The number of carbonyl (C=O) groups excluding carboxylic acids is 1. The van der Waals surface area contributed by atoms with Crippen molar-refractivity contribution >= 4 is 45.4 Å². The maximum atomic E-state index is 11.2. The smallest absolute Gasteiger partial charge is 0.349 e. The van der Waals surface area contributed by atoms with Gasteiger partial charge < -0.3 is 10.1 Å². The molecule has 4 nitrogen and oxygen atoms in total. The monoisotopic (exact) mass is 302 g/mol. The Kier molecular flexibility index (Phi) is 4.57. The van der Waals surface area contributed by atoms with Gasteiger partial charge >= 0.3 is 5.97 Å². The Balaban J connectivity index is 1.83. The quantitative estimate of drug-likeness (QED) is 0.861. The van der Waals surface area contributed by atoms with Crippen LogP contribution in [0.4, 0.5) is 5.13 Å². The van der Waals surface area contributed by atoms with Gasteiger partial charge in [0, 0.05) is 11.4 Å². The molecule has 0 aliphatic rings. The minimum atomic E-state index is -0.356. The van der Waals surface area contributed by atoms with Crippen molar-refractivity contribution in [2.45, 2.75) is 6.42 Å². The van der Waals surface area contributed by atoms with Gasteiger partial charge in [-0.1, -0.05) is 22.9 Å². The summed E-state index contributed by atoms with van der Waals surface area (Å²) in [7, 11) is 1.36. The lowest BCUT2D eigenvalue weighted by Crippen LogP contribution is -2.03. The highest BCUT2D eigenvalue weighted by atomic mass is 35.5. The number of aromatic nitrogens is 1. The van der Waals surface area contributed by atoms with E-state index in [1.54, 1.807) is 11.3 Å². The third kappa shape index (κ3) is 3.44. The van der Waals surface area contributed by atoms with Crippen LogP contribution >= 0.6 is 34.3 Å². The van der Waals surface area contributed by atoms with E-state index < -0.39 is 0 Å². The fraction of sp³-hybridized carbons (Fsp3) is 0.273. The minimum absolute atomic E-state index is 0.356. The number of ether oxygens (including phenoxy) is 1. The Morgan fingerprint density at radius 3 is 3.00 bits per heavy atom. The van der Waals surface area contributed by atoms with Crippen molar-refractivity contribution in [2.75, 3.05) is 19.0 Å². The number of nitrogens with one attached hydrogen (secondary N) is 1. The molecular formula is C11H11ClN2O2S2. The largest absolute Gasteiger partial charge is 0.465 e. The molecule has 0 aliphatic carbocycles. The van der Waals surface area contributed by atoms with Crippen LogP contribution in [0.2, 0.25) is 4.34 Å². The molecule has 0 radical (unpaired) electrons. The Morgan fingerprint density at radius 2 is 2.33 bits per heavy atom. The number of thiophene rings is 1. The maximum absolute atomic E-state index is 11.2. The molecule has 2 heterocycles. The zero-order valence-corrected chi connectivity index (χ0v) is 12.0. The normalized spacial score (nSPS) is 10.3. The molecule has 0 amide bonds. The molecule has 0 saturated carbocycles. The van der Waals surface area contributed by atoms with Crippen LogP contribution in [0.15, 0.2) is 18.3 Å². The average molecular weight is 303 g/mol. The zero-order valence-electron chi connectivity index (χ0n) is 9.60. The molecule has 2 rings (SSSR count). The lowest BCUT2D eigenvalue weighted by molar-refractivity contribution is 0.0606. The molecule has 0 bridgehead atoms. The van der Waals surface area contributed by atoms with Gasteiger partial charge in [-0.3, -0.25) is 0 Å². The van der Waals surface area contributed by atoms with E-state index in [-0.39, 0.29) is 5.97 Å². The molecule has 2 aromatic heterocycles. The Morgan fingerprint density at radius 1 is 1.50 bits per heavy atom. The number of hydrogen-bond acceptors (Lipinski definition) is 6. The van der Waals surface area contributed by atoms with Gasteiger partial charge in [0.1, 0.15) is 4.88 Å². The molecule has 0 aromatic carbocycles. The zero-order chi connectivity index (χ0) is 13.0. The number of thiazole rings is 1. The lowest BCUT2D eigenvalue weighted by Gasteiger charge is -1.99. The van der Waals surface area contributed by atoms with Crippen LogP contribution in [-0.2, 0) is 11.2 Å². The van der Waals surface area contributed by atoms with E-state index in [0.29, 0.717) is 4.88 Å². The first-order valence-corrected chi connectivity index (χ1v) is 7.22. The summed E-state index contributed by atoms with van der Waals surface area (Å²) in [5, 5.41) is 3.89. The van der Waals surface area contributed by atoms with E-state index in [4.69, 9.17) is 11.6 Å². The second-order valence-corrected chi connectivity index (χ2v) is 6.23. The first kappa shape index (κ1) is 13.3. The molecule has 18 heavy (non-hydrogen) atoms. The molecule has 1 N–H and O–H groups in total. The predicted octanol–water partition coefficient (Wildman–Crippen LogP) is 3.30. The summed E-state index contributed by atoms with van der Waals surface area (Å²) >= 11 is 8.70. The number of methoxy groups -OCH3 is 1. The molecule has 2 aromatic rings.